The zero-order valence-electron chi connectivity index (χ0n) is 20.7. The van der Waals surface area contributed by atoms with Crippen LogP contribution in [0.25, 0.3) is 0 Å². The van der Waals surface area contributed by atoms with Gasteiger partial charge in [0.25, 0.3) is 0 Å². The highest BCUT2D eigenvalue weighted by Crippen LogP contribution is 2.60. The van der Waals surface area contributed by atoms with Gasteiger partial charge in [-0.25, -0.2) is 0 Å². The lowest BCUT2D eigenvalue weighted by atomic mass is 9.49. The molecule has 1 atom stereocenters. The number of piperidine rings is 1. The molecule has 34 heavy (non-hydrogen) atoms. The standard InChI is InChI=1S/C28H40ClN3O2/c1-18(2)25(31-27(34)28-14-20-11-21(15-28)13-22(12-20)16-28)26(33)30-24-7-9-32(10-8-24)17-19-3-5-23(29)6-4-19/h3-6,18,20-22,24-25H,7-17H2,1-2H3,(H,30,33)(H,31,34). The van der Waals surface area contributed by atoms with Crippen molar-refractivity contribution >= 4 is 23.4 Å². The third-order valence-electron chi connectivity index (χ3n) is 9.01. The van der Waals surface area contributed by atoms with Crippen molar-refractivity contribution in [3.05, 3.63) is 34.9 Å². The van der Waals surface area contributed by atoms with Crippen LogP contribution >= 0.6 is 11.6 Å². The number of halogens is 1. The van der Waals surface area contributed by atoms with Crippen molar-refractivity contribution in [3.8, 4) is 0 Å². The zero-order valence-corrected chi connectivity index (χ0v) is 21.4. The van der Waals surface area contributed by atoms with Crippen molar-refractivity contribution in [1.29, 1.82) is 0 Å². The lowest BCUT2D eigenvalue weighted by molar-refractivity contribution is -0.149. The molecule has 2 N–H and O–H groups in total. The van der Waals surface area contributed by atoms with Crippen LogP contribution in [0.3, 0.4) is 0 Å². The van der Waals surface area contributed by atoms with Crippen LogP contribution in [0.5, 0.6) is 0 Å². The monoisotopic (exact) mass is 485 g/mol. The van der Waals surface area contributed by atoms with E-state index in [2.05, 4.69) is 27.7 Å². The van der Waals surface area contributed by atoms with E-state index in [1.54, 1.807) is 0 Å². The van der Waals surface area contributed by atoms with Gasteiger partial charge in [0.05, 0.1) is 0 Å². The summed E-state index contributed by atoms with van der Waals surface area (Å²) in [6, 6.07) is 7.76. The average Bonchev–Trinajstić information content (AvgIpc) is 2.79. The Morgan fingerprint density at radius 3 is 2.09 bits per heavy atom. The van der Waals surface area contributed by atoms with Crippen molar-refractivity contribution in [1.82, 2.24) is 15.5 Å². The average molecular weight is 486 g/mol. The van der Waals surface area contributed by atoms with Gasteiger partial charge in [-0.1, -0.05) is 37.6 Å². The molecule has 5 aliphatic rings. The number of carbonyl (C=O) groups is 2. The number of nitrogens with one attached hydrogen (secondary N) is 2. The molecule has 0 radical (unpaired) electrons. The number of hydrogen-bond acceptors (Lipinski definition) is 3. The summed E-state index contributed by atoms with van der Waals surface area (Å²) in [6.45, 7) is 6.91. The molecule has 2 amide bonds. The lowest BCUT2D eigenvalue weighted by Crippen LogP contribution is -2.59. The highest BCUT2D eigenvalue weighted by molar-refractivity contribution is 6.30. The highest BCUT2D eigenvalue weighted by Gasteiger charge is 2.55. The summed E-state index contributed by atoms with van der Waals surface area (Å²) in [5, 5.41) is 7.27. The molecule has 1 heterocycles. The van der Waals surface area contributed by atoms with Gasteiger partial charge >= 0.3 is 0 Å². The minimum Gasteiger partial charge on any atom is -0.351 e. The molecule has 1 unspecified atom stereocenters. The van der Waals surface area contributed by atoms with Gasteiger partial charge in [0.1, 0.15) is 6.04 Å². The van der Waals surface area contributed by atoms with E-state index in [1.165, 1.54) is 24.8 Å². The number of likely N-dealkylation sites (tertiary alicyclic amines) is 1. The van der Waals surface area contributed by atoms with E-state index in [4.69, 9.17) is 11.6 Å². The number of amides is 2. The van der Waals surface area contributed by atoms with Crippen LogP contribution in [0.1, 0.15) is 70.8 Å². The normalized spacial score (nSPS) is 32.1. The maximum absolute atomic E-state index is 13.5. The summed E-state index contributed by atoms with van der Waals surface area (Å²) in [7, 11) is 0. The number of benzene rings is 1. The van der Waals surface area contributed by atoms with Gasteiger partial charge in [0.2, 0.25) is 11.8 Å². The largest absolute Gasteiger partial charge is 0.351 e. The quantitative estimate of drug-likeness (QED) is 0.584. The van der Waals surface area contributed by atoms with Gasteiger partial charge in [-0.15, -0.1) is 0 Å². The first kappa shape index (κ1) is 24.1. The summed E-state index contributed by atoms with van der Waals surface area (Å²) >= 11 is 6.00. The second kappa shape index (κ2) is 9.81. The van der Waals surface area contributed by atoms with Gasteiger partial charge in [0.15, 0.2) is 0 Å². The Labute approximate surface area is 209 Å². The highest BCUT2D eigenvalue weighted by atomic mass is 35.5. The van der Waals surface area contributed by atoms with Crippen LogP contribution in [0.15, 0.2) is 24.3 Å². The molecule has 4 aliphatic carbocycles. The van der Waals surface area contributed by atoms with Crippen molar-refractivity contribution in [2.45, 2.75) is 83.8 Å². The van der Waals surface area contributed by atoms with E-state index in [0.29, 0.717) is 0 Å². The van der Waals surface area contributed by atoms with Crippen LogP contribution in [-0.4, -0.2) is 41.9 Å². The number of rotatable bonds is 7. The van der Waals surface area contributed by atoms with E-state index in [1.807, 2.05) is 26.0 Å². The van der Waals surface area contributed by atoms with E-state index >= 15 is 0 Å². The fraction of sp³-hybridized carbons (Fsp3) is 0.714. The van der Waals surface area contributed by atoms with Gasteiger partial charge in [-0.3, -0.25) is 14.5 Å². The third kappa shape index (κ3) is 5.16. The summed E-state index contributed by atoms with van der Waals surface area (Å²) in [5.74, 6) is 2.38. The molecule has 5 nitrogen and oxygen atoms in total. The maximum atomic E-state index is 13.5. The fourth-order valence-corrected chi connectivity index (χ4v) is 7.72. The third-order valence-corrected chi connectivity index (χ3v) is 9.26. The minimum absolute atomic E-state index is 0.00997. The van der Waals surface area contributed by atoms with Crippen LogP contribution in [0, 0.1) is 29.1 Å². The van der Waals surface area contributed by atoms with Crippen molar-refractivity contribution in [3.63, 3.8) is 0 Å². The van der Waals surface area contributed by atoms with Crippen LogP contribution in [0.2, 0.25) is 5.02 Å². The van der Waals surface area contributed by atoms with E-state index in [9.17, 15) is 9.59 Å². The summed E-state index contributed by atoms with van der Waals surface area (Å²) in [4.78, 5) is 29.2. The summed E-state index contributed by atoms with van der Waals surface area (Å²) in [6.07, 6.45) is 8.92. The van der Waals surface area contributed by atoms with Crippen molar-refractivity contribution < 1.29 is 9.59 Å². The smallest absolute Gasteiger partial charge is 0.243 e. The molecule has 6 heteroatoms. The first-order valence-corrected chi connectivity index (χ1v) is 13.8. The Balaban J connectivity index is 1.13. The SMILES string of the molecule is CC(C)C(NC(=O)C12CC3CC(CC(C3)C1)C2)C(=O)NC1CCN(Cc2ccc(Cl)cc2)CC1. The number of nitrogens with zero attached hydrogens (tertiary/aromatic N) is 1. The molecule has 1 aromatic carbocycles. The first-order chi connectivity index (χ1) is 16.3. The lowest BCUT2D eigenvalue weighted by Gasteiger charge is -2.55. The molecule has 1 aromatic rings. The predicted octanol–water partition coefficient (Wildman–Crippen LogP) is 4.78. The zero-order chi connectivity index (χ0) is 23.9. The Hall–Kier alpha value is -1.59. The van der Waals surface area contributed by atoms with Gasteiger partial charge < -0.3 is 10.6 Å². The summed E-state index contributed by atoms with van der Waals surface area (Å²) < 4.78 is 0. The van der Waals surface area contributed by atoms with E-state index in [-0.39, 0.29) is 29.2 Å². The van der Waals surface area contributed by atoms with Gasteiger partial charge in [-0.2, -0.15) is 0 Å². The molecule has 0 aromatic heterocycles. The van der Waals surface area contributed by atoms with E-state index in [0.717, 1.165) is 74.5 Å². The van der Waals surface area contributed by atoms with Crippen LogP contribution in [0.4, 0.5) is 0 Å². The first-order valence-electron chi connectivity index (χ1n) is 13.4. The Morgan fingerprint density at radius 1 is 1.00 bits per heavy atom. The number of hydrogen-bond donors (Lipinski definition) is 2. The molecule has 5 fully saturated rings. The second-order valence-electron chi connectivity index (χ2n) is 12.1. The van der Waals surface area contributed by atoms with Gasteiger partial charge in [-0.05, 0) is 92.7 Å². The Morgan fingerprint density at radius 2 is 1.56 bits per heavy atom. The molecule has 0 spiro atoms. The molecular formula is C28H40ClN3O2. The van der Waals surface area contributed by atoms with Crippen LogP contribution < -0.4 is 10.6 Å². The Bertz CT molecular complexity index is 856. The fourth-order valence-electron chi connectivity index (χ4n) is 7.59. The number of carbonyl (C=O) groups excluding carboxylic acids is 2. The predicted molar refractivity (Wildman–Crippen MR) is 135 cm³/mol. The molecular weight excluding hydrogens is 446 g/mol. The van der Waals surface area contributed by atoms with Crippen molar-refractivity contribution in [2.75, 3.05) is 13.1 Å². The van der Waals surface area contributed by atoms with Gasteiger partial charge in [0, 0.05) is 36.1 Å². The second-order valence-corrected chi connectivity index (χ2v) is 12.5. The van der Waals surface area contributed by atoms with E-state index < -0.39 is 6.04 Å². The molecule has 4 saturated carbocycles. The topological polar surface area (TPSA) is 61.4 Å². The molecule has 4 bridgehead atoms. The minimum atomic E-state index is -0.451. The van der Waals surface area contributed by atoms with Crippen LogP contribution in [-0.2, 0) is 16.1 Å². The Kier molecular flexibility index (Phi) is 6.96. The summed E-state index contributed by atoms with van der Waals surface area (Å²) in [5.41, 5.74) is 1.05. The van der Waals surface area contributed by atoms with Crippen molar-refractivity contribution in [2.24, 2.45) is 29.1 Å². The molecule has 6 rings (SSSR count). The molecule has 1 aliphatic heterocycles. The molecule has 1 saturated heterocycles. The molecule has 186 valence electrons. The maximum Gasteiger partial charge on any atom is 0.243 e.